The highest BCUT2D eigenvalue weighted by Crippen LogP contribution is 2.21. The first-order valence-corrected chi connectivity index (χ1v) is 7.15. The molecular formula is C12H20N4O2S. The first kappa shape index (κ1) is 14.0. The number of hydrogen-bond acceptors (Lipinski definition) is 6. The first-order chi connectivity index (χ1) is 8.87. The Bertz CT molecular complexity index is 429. The minimum Gasteiger partial charge on any atom is -0.444 e. The lowest BCUT2D eigenvalue weighted by Crippen LogP contribution is -2.55. The van der Waals surface area contributed by atoms with Crippen molar-refractivity contribution < 1.29 is 9.53 Å². The number of hydrogen-bond donors (Lipinski definition) is 0. The fourth-order valence-corrected chi connectivity index (χ4v) is 2.59. The summed E-state index contributed by atoms with van der Waals surface area (Å²) < 4.78 is 9.43. The summed E-state index contributed by atoms with van der Waals surface area (Å²) in [5.41, 5.74) is -0.451. The highest BCUT2D eigenvalue weighted by Gasteiger charge is 2.31. The average Bonchev–Trinajstić information content (AvgIpc) is 2.79. The fourth-order valence-electron chi connectivity index (χ4n) is 2.03. The van der Waals surface area contributed by atoms with Crippen molar-refractivity contribution in [2.24, 2.45) is 0 Å². The Balaban J connectivity index is 1.95. The van der Waals surface area contributed by atoms with E-state index in [1.54, 1.807) is 11.2 Å². The molecule has 0 aliphatic carbocycles. The molecule has 1 aromatic rings. The summed E-state index contributed by atoms with van der Waals surface area (Å²) in [6.45, 7) is 9.84. The molecule has 2 rings (SSSR count). The third-order valence-corrected chi connectivity index (χ3v) is 3.60. The van der Waals surface area contributed by atoms with Crippen LogP contribution in [0.4, 0.5) is 9.93 Å². The molecule has 1 amide bonds. The van der Waals surface area contributed by atoms with Crippen molar-refractivity contribution in [3.63, 3.8) is 0 Å². The standard InChI is InChI=1S/C12H20N4O2S/c1-9-7-15(10-13-8-14-19-10)5-6-16(9)11(17)18-12(2,3)4/h8-9H,5-7H2,1-4H3/t9-/m1/s1. The van der Waals surface area contributed by atoms with Gasteiger partial charge in [0.15, 0.2) is 0 Å². The molecule has 1 aliphatic heterocycles. The van der Waals surface area contributed by atoms with E-state index in [0.717, 1.165) is 18.2 Å². The number of rotatable bonds is 1. The van der Waals surface area contributed by atoms with E-state index in [9.17, 15) is 4.79 Å². The number of nitrogens with zero attached hydrogens (tertiary/aromatic N) is 4. The Hall–Kier alpha value is -1.37. The zero-order chi connectivity index (χ0) is 14.0. The summed E-state index contributed by atoms with van der Waals surface area (Å²) in [4.78, 5) is 20.2. The van der Waals surface area contributed by atoms with Crippen LogP contribution in [0.1, 0.15) is 27.7 Å². The highest BCUT2D eigenvalue weighted by molar-refractivity contribution is 7.09. The van der Waals surface area contributed by atoms with Crippen LogP contribution in [0.5, 0.6) is 0 Å². The Morgan fingerprint density at radius 3 is 2.74 bits per heavy atom. The van der Waals surface area contributed by atoms with Gasteiger partial charge in [0.25, 0.3) is 0 Å². The van der Waals surface area contributed by atoms with E-state index in [0.29, 0.717) is 6.54 Å². The topological polar surface area (TPSA) is 58.6 Å². The van der Waals surface area contributed by atoms with Crippen molar-refractivity contribution in [2.45, 2.75) is 39.3 Å². The van der Waals surface area contributed by atoms with Crippen LogP contribution >= 0.6 is 11.5 Å². The van der Waals surface area contributed by atoms with Gasteiger partial charge in [-0.15, -0.1) is 0 Å². The van der Waals surface area contributed by atoms with Gasteiger partial charge in [-0.25, -0.2) is 9.78 Å². The van der Waals surface area contributed by atoms with Crippen molar-refractivity contribution >= 4 is 22.8 Å². The lowest BCUT2D eigenvalue weighted by molar-refractivity contribution is 0.0159. The van der Waals surface area contributed by atoms with E-state index < -0.39 is 5.60 Å². The summed E-state index contributed by atoms with van der Waals surface area (Å²) in [6, 6.07) is 0.104. The van der Waals surface area contributed by atoms with Gasteiger partial charge in [-0.1, -0.05) is 0 Å². The molecule has 1 aliphatic rings. The molecule has 0 unspecified atom stereocenters. The molecule has 1 aromatic heterocycles. The smallest absolute Gasteiger partial charge is 0.410 e. The number of carbonyl (C=O) groups is 1. The average molecular weight is 284 g/mol. The number of carbonyl (C=O) groups excluding carboxylic acids is 1. The number of anilines is 1. The van der Waals surface area contributed by atoms with Crippen LogP contribution in [-0.4, -0.2) is 51.6 Å². The first-order valence-electron chi connectivity index (χ1n) is 6.38. The van der Waals surface area contributed by atoms with E-state index >= 15 is 0 Å². The summed E-state index contributed by atoms with van der Waals surface area (Å²) in [5.74, 6) is 0. The Morgan fingerprint density at radius 1 is 1.47 bits per heavy atom. The zero-order valence-corrected chi connectivity index (χ0v) is 12.6. The highest BCUT2D eigenvalue weighted by atomic mass is 32.1. The van der Waals surface area contributed by atoms with Crippen LogP contribution in [0, 0.1) is 0 Å². The van der Waals surface area contributed by atoms with Gasteiger partial charge < -0.3 is 14.5 Å². The van der Waals surface area contributed by atoms with Crippen LogP contribution < -0.4 is 4.90 Å². The Kier molecular flexibility index (Phi) is 3.93. The second kappa shape index (κ2) is 5.32. The monoisotopic (exact) mass is 284 g/mol. The van der Waals surface area contributed by atoms with Crippen molar-refractivity contribution in [3.8, 4) is 0 Å². The van der Waals surface area contributed by atoms with Crippen LogP contribution in [0.15, 0.2) is 6.33 Å². The van der Waals surface area contributed by atoms with E-state index in [1.165, 1.54) is 11.5 Å². The minimum absolute atomic E-state index is 0.104. The zero-order valence-electron chi connectivity index (χ0n) is 11.8. The van der Waals surface area contributed by atoms with Gasteiger partial charge in [0, 0.05) is 37.2 Å². The Labute approximate surface area is 117 Å². The quantitative estimate of drug-likeness (QED) is 0.789. The molecule has 0 saturated carbocycles. The largest absolute Gasteiger partial charge is 0.444 e. The molecular weight excluding hydrogens is 264 g/mol. The van der Waals surface area contributed by atoms with Crippen molar-refractivity contribution in [2.75, 3.05) is 24.5 Å². The fraction of sp³-hybridized carbons (Fsp3) is 0.750. The molecule has 1 atom stereocenters. The lowest BCUT2D eigenvalue weighted by Gasteiger charge is -2.39. The maximum atomic E-state index is 12.1. The number of piperazine rings is 1. The maximum Gasteiger partial charge on any atom is 0.410 e. The van der Waals surface area contributed by atoms with E-state index in [4.69, 9.17) is 4.74 Å². The van der Waals surface area contributed by atoms with Gasteiger partial charge in [-0.2, -0.15) is 4.37 Å². The molecule has 0 aromatic carbocycles. The van der Waals surface area contributed by atoms with Gasteiger partial charge >= 0.3 is 6.09 Å². The lowest BCUT2D eigenvalue weighted by atomic mass is 10.2. The maximum absolute atomic E-state index is 12.1. The number of ether oxygens (including phenoxy) is 1. The van der Waals surface area contributed by atoms with Crippen LogP contribution in [0.2, 0.25) is 0 Å². The van der Waals surface area contributed by atoms with Crippen molar-refractivity contribution in [1.82, 2.24) is 14.3 Å². The summed E-state index contributed by atoms with van der Waals surface area (Å²) in [6.07, 6.45) is 1.32. The molecule has 0 bridgehead atoms. The number of aromatic nitrogens is 2. The summed E-state index contributed by atoms with van der Waals surface area (Å²) in [5, 5.41) is 0.913. The molecule has 7 heteroatoms. The second-order valence-electron chi connectivity index (χ2n) is 5.69. The number of amides is 1. The molecule has 1 fully saturated rings. The van der Waals surface area contributed by atoms with Crippen LogP contribution in [-0.2, 0) is 4.74 Å². The normalized spacial score (nSPS) is 20.5. The SMILES string of the molecule is C[C@@H]1CN(c2ncns2)CCN1C(=O)OC(C)(C)C. The van der Waals surface area contributed by atoms with Gasteiger partial charge in [0.1, 0.15) is 11.9 Å². The predicted octanol–water partition coefficient (Wildman–Crippen LogP) is 1.98. The van der Waals surface area contributed by atoms with Gasteiger partial charge in [0.05, 0.1) is 0 Å². The third-order valence-electron chi connectivity index (χ3n) is 2.88. The molecule has 0 radical (unpaired) electrons. The minimum atomic E-state index is -0.451. The molecule has 6 nitrogen and oxygen atoms in total. The van der Waals surface area contributed by atoms with Gasteiger partial charge in [0.2, 0.25) is 5.13 Å². The van der Waals surface area contributed by atoms with Crippen LogP contribution in [0.25, 0.3) is 0 Å². The van der Waals surface area contributed by atoms with E-state index in [-0.39, 0.29) is 12.1 Å². The van der Waals surface area contributed by atoms with Crippen LogP contribution in [0.3, 0.4) is 0 Å². The molecule has 106 valence electrons. The van der Waals surface area contributed by atoms with Gasteiger partial charge in [-0.3, -0.25) is 0 Å². The molecule has 2 heterocycles. The Morgan fingerprint density at radius 2 is 2.21 bits per heavy atom. The third kappa shape index (κ3) is 3.56. The molecule has 19 heavy (non-hydrogen) atoms. The summed E-state index contributed by atoms with van der Waals surface area (Å²) in [7, 11) is 0. The summed E-state index contributed by atoms with van der Waals surface area (Å²) >= 11 is 1.38. The van der Waals surface area contributed by atoms with Crippen molar-refractivity contribution in [3.05, 3.63) is 6.33 Å². The van der Waals surface area contributed by atoms with Crippen molar-refractivity contribution in [1.29, 1.82) is 0 Å². The van der Waals surface area contributed by atoms with E-state index in [1.807, 2.05) is 27.7 Å². The van der Waals surface area contributed by atoms with Gasteiger partial charge in [-0.05, 0) is 27.7 Å². The molecule has 0 N–H and O–H groups in total. The molecule has 0 spiro atoms. The molecule has 1 saturated heterocycles. The second-order valence-corrected chi connectivity index (χ2v) is 6.45. The predicted molar refractivity (Wildman–Crippen MR) is 74.5 cm³/mol. The van der Waals surface area contributed by atoms with E-state index in [2.05, 4.69) is 14.3 Å².